The Bertz CT molecular complexity index is 509. The maximum atomic E-state index is 13.2. The second kappa shape index (κ2) is 6.75. The fourth-order valence-corrected chi connectivity index (χ4v) is 3.47. The van der Waals surface area contributed by atoms with Crippen molar-refractivity contribution in [3.8, 4) is 0 Å². The number of hydrogen-bond acceptors (Lipinski definition) is 2. The Morgan fingerprint density at radius 2 is 2.10 bits per heavy atom. The van der Waals surface area contributed by atoms with Crippen LogP contribution in [0.25, 0.3) is 0 Å². The molecule has 5 heteroatoms. The summed E-state index contributed by atoms with van der Waals surface area (Å²) >= 11 is 0. The minimum Gasteiger partial charge on any atom is -0.325 e. The van der Waals surface area contributed by atoms with Gasteiger partial charge < -0.3 is 10.6 Å². The molecule has 3 atom stereocenters. The van der Waals surface area contributed by atoms with Gasteiger partial charge in [0.1, 0.15) is 5.82 Å². The third-order valence-corrected chi connectivity index (χ3v) is 4.60. The first kappa shape index (κ1) is 16.2. The highest BCUT2D eigenvalue weighted by atomic mass is 35.5. The number of halogens is 2. The molecule has 2 fully saturated rings. The zero-order valence-electron chi connectivity index (χ0n) is 12.2. The molecule has 1 saturated heterocycles. The Balaban J connectivity index is 0.00000161. The molecule has 1 saturated carbocycles. The average molecular weight is 313 g/mol. The lowest BCUT2D eigenvalue weighted by molar-refractivity contribution is -0.117. The molecule has 1 aliphatic carbocycles. The smallest absolute Gasteiger partial charge is 0.241 e. The number of nitrogens with one attached hydrogen (secondary N) is 2. The molecule has 1 aromatic rings. The predicted molar refractivity (Wildman–Crippen MR) is 84.3 cm³/mol. The first-order valence-corrected chi connectivity index (χ1v) is 7.46. The molecule has 3 rings (SSSR count). The third-order valence-electron chi connectivity index (χ3n) is 4.60. The van der Waals surface area contributed by atoms with Gasteiger partial charge in [0.25, 0.3) is 0 Å². The van der Waals surface area contributed by atoms with E-state index < -0.39 is 0 Å². The molecule has 0 spiro atoms. The molecular formula is C16H22ClFN2O. The second-order valence-corrected chi connectivity index (χ2v) is 6.06. The molecule has 1 heterocycles. The number of carbonyl (C=O) groups excluding carboxylic acids is 1. The average Bonchev–Trinajstić information content (AvgIpc) is 2.87. The first-order chi connectivity index (χ1) is 9.63. The van der Waals surface area contributed by atoms with E-state index in [0.717, 1.165) is 6.42 Å². The summed E-state index contributed by atoms with van der Waals surface area (Å²) in [5.41, 5.74) is 1.22. The minimum atomic E-state index is -0.243. The highest BCUT2D eigenvalue weighted by Gasteiger charge is 2.38. The maximum absolute atomic E-state index is 13.2. The minimum absolute atomic E-state index is 0. The summed E-state index contributed by atoms with van der Waals surface area (Å²) in [5, 5.41) is 6.35. The molecule has 3 nitrogen and oxygen atoms in total. The highest BCUT2D eigenvalue weighted by Crippen LogP contribution is 2.33. The number of benzene rings is 1. The Hall–Kier alpha value is -1.13. The number of carbonyl (C=O) groups is 1. The van der Waals surface area contributed by atoms with E-state index in [2.05, 4.69) is 10.6 Å². The van der Waals surface area contributed by atoms with E-state index in [4.69, 9.17) is 0 Å². The topological polar surface area (TPSA) is 41.1 Å². The largest absolute Gasteiger partial charge is 0.325 e. The second-order valence-electron chi connectivity index (χ2n) is 6.06. The van der Waals surface area contributed by atoms with Gasteiger partial charge in [0.05, 0.1) is 6.04 Å². The van der Waals surface area contributed by atoms with Crippen LogP contribution in [0.15, 0.2) is 18.2 Å². The van der Waals surface area contributed by atoms with Gasteiger partial charge in [-0.1, -0.05) is 12.8 Å². The van der Waals surface area contributed by atoms with Crippen molar-refractivity contribution >= 4 is 24.0 Å². The van der Waals surface area contributed by atoms with Gasteiger partial charge in [-0.2, -0.15) is 0 Å². The summed E-state index contributed by atoms with van der Waals surface area (Å²) in [6, 6.07) is 5.09. The molecule has 1 aliphatic heterocycles. The lowest BCUT2D eigenvalue weighted by Crippen LogP contribution is -2.39. The number of hydrogen-bond donors (Lipinski definition) is 2. The monoisotopic (exact) mass is 312 g/mol. The fraction of sp³-hybridized carbons (Fsp3) is 0.562. The van der Waals surface area contributed by atoms with Gasteiger partial charge in [-0.25, -0.2) is 4.39 Å². The van der Waals surface area contributed by atoms with E-state index in [9.17, 15) is 9.18 Å². The van der Waals surface area contributed by atoms with Crippen LogP contribution in [-0.2, 0) is 4.79 Å². The molecule has 1 amide bonds. The van der Waals surface area contributed by atoms with E-state index in [1.807, 2.05) is 0 Å². The van der Waals surface area contributed by atoms with Gasteiger partial charge in [0.15, 0.2) is 0 Å². The van der Waals surface area contributed by atoms with Crippen LogP contribution in [0.1, 0.15) is 37.7 Å². The number of anilines is 1. The van der Waals surface area contributed by atoms with Crippen molar-refractivity contribution in [1.82, 2.24) is 5.32 Å². The lowest BCUT2D eigenvalue weighted by atomic mass is 9.85. The molecule has 2 N–H and O–H groups in total. The predicted octanol–water partition coefficient (Wildman–Crippen LogP) is 3.42. The first-order valence-electron chi connectivity index (χ1n) is 7.46. The zero-order chi connectivity index (χ0) is 14.1. The summed E-state index contributed by atoms with van der Waals surface area (Å²) in [6.07, 6.45) is 5.89. The van der Waals surface area contributed by atoms with Crippen molar-refractivity contribution in [3.05, 3.63) is 29.6 Å². The standard InChI is InChI=1S/C16H21FN2O.ClH/c1-10-8-12(6-7-13(10)17)18-16(20)15-9-11-4-2-3-5-14(11)19-15;/h6-8,11,14-15,19H,2-5,9H2,1H3,(H,18,20);1H. The molecule has 116 valence electrons. The van der Waals surface area contributed by atoms with Crippen LogP contribution in [0.2, 0.25) is 0 Å². The summed E-state index contributed by atoms with van der Waals surface area (Å²) in [7, 11) is 0. The molecule has 0 bridgehead atoms. The van der Waals surface area contributed by atoms with Crippen molar-refractivity contribution in [1.29, 1.82) is 0 Å². The van der Waals surface area contributed by atoms with E-state index >= 15 is 0 Å². The highest BCUT2D eigenvalue weighted by molar-refractivity contribution is 5.95. The SMILES string of the molecule is Cc1cc(NC(=O)C2CC3CCCCC3N2)ccc1F.Cl. The third kappa shape index (κ3) is 3.55. The van der Waals surface area contributed by atoms with Crippen LogP contribution in [0, 0.1) is 18.7 Å². The fourth-order valence-electron chi connectivity index (χ4n) is 3.47. The van der Waals surface area contributed by atoms with E-state index in [1.165, 1.54) is 31.7 Å². The summed E-state index contributed by atoms with van der Waals surface area (Å²) < 4.78 is 13.2. The number of amides is 1. The van der Waals surface area contributed by atoms with E-state index in [1.54, 1.807) is 19.1 Å². The van der Waals surface area contributed by atoms with Crippen LogP contribution in [0.5, 0.6) is 0 Å². The molecule has 21 heavy (non-hydrogen) atoms. The quantitative estimate of drug-likeness (QED) is 0.878. The van der Waals surface area contributed by atoms with Crippen LogP contribution >= 0.6 is 12.4 Å². The summed E-state index contributed by atoms with van der Waals surface area (Å²) in [6.45, 7) is 1.70. The van der Waals surface area contributed by atoms with Crippen molar-refractivity contribution in [2.75, 3.05) is 5.32 Å². The molecular weight excluding hydrogens is 291 g/mol. The number of fused-ring (bicyclic) bond motifs is 1. The van der Waals surface area contributed by atoms with Gasteiger partial charge in [-0.05, 0) is 55.9 Å². The summed E-state index contributed by atoms with van der Waals surface area (Å²) in [4.78, 5) is 12.3. The van der Waals surface area contributed by atoms with E-state index in [-0.39, 0.29) is 30.2 Å². The van der Waals surface area contributed by atoms with Crippen LogP contribution < -0.4 is 10.6 Å². The number of rotatable bonds is 2. The molecule has 0 aromatic heterocycles. The van der Waals surface area contributed by atoms with Crippen molar-refractivity contribution in [2.24, 2.45) is 5.92 Å². The Kier molecular flexibility index (Phi) is 5.22. The van der Waals surface area contributed by atoms with Gasteiger partial charge in [-0.15, -0.1) is 12.4 Å². The zero-order valence-corrected chi connectivity index (χ0v) is 13.0. The molecule has 3 unspecified atom stereocenters. The van der Waals surface area contributed by atoms with Crippen molar-refractivity contribution < 1.29 is 9.18 Å². The van der Waals surface area contributed by atoms with Gasteiger partial charge in [-0.3, -0.25) is 4.79 Å². The molecule has 0 radical (unpaired) electrons. The van der Waals surface area contributed by atoms with Crippen LogP contribution in [0.3, 0.4) is 0 Å². The Morgan fingerprint density at radius 3 is 2.81 bits per heavy atom. The molecule has 1 aromatic carbocycles. The summed E-state index contributed by atoms with van der Waals surface area (Å²) in [5.74, 6) is 0.410. The van der Waals surface area contributed by atoms with Crippen molar-refractivity contribution in [3.63, 3.8) is 0 Å². The van der Waals surface area contributed by atoms with Gasteiger partial charge >= 0.3 is 0 Å². The van der Waals surface area contributed by atoms with Gasteiger partial charge in [0, 0.05) is 11.7 Å². The van der Waals surface area contributed by atoms with Crippen molar-refractivity contribution in [2.45, 2.75) is 51.1 Å². The Morgan fingerprint density at radius 1 is 1.33 bits per heavy atom. The normalized spacial score (nSPS) is 27.6. The van der Waals surface area contributed by atoms with Gasteiger partial charge in [0.2, 0.25) is 5.91 Å². The Labute approximate surface area is 131 Å². The van der Waals surface area contributed by atoms with Crippen LogP contribution in [0.4, 0.5) is 10.1 Å². The maximum Gasteiger partial charge on any atom is 0.241 e. The van der Waals surface area contributed by atoms with Crippen LogP contribution in [-0.4, -0.2) is 18.0 Å². The number of aryl methyl sites for hydroxylation is 1. The lowest BCUT2D eigenvalue weighted by Gasteiger charge is -2.24. The molecule has 2 aliphatic rings. The van der Waals surface area contributed by atoms with E-state index in [0.29, 0.717) is 23.2 Å².